The quantitative estimate of drug-likeness (QED) is 0.425. The topological polar surface area (TPSA) is 39.7 Å². The van der Waals surface area contributed by atoms with E-state index >= 15 is 0 Å². The van der Waals surface area contributed by atoms with Crippen molar-refractivity contribution in [3.05, 3.63) is 0 Å². The van der Waals surface area contributed by atoms with Crippen molar-refractivity contribution < 1.29 is 0 Å². The Balaban J connectivity index is 2.03. The fraction of sp³-hybridized carbons (Fsp3) is 0.917. The zero-order valence-corrected chi connectivity index (χ0v) is 10.9. The summed E-state index contributed by atoms with van der Waals surface area (Å²) < 4.78 is 0. The molecule has 1 rings (SSSR count). The third kappa shape index (κ3) is 4.84. The zero-order valence-electron chi connectivity index (χ0n) is 10.9. The van der Waals surface area contributed by atoms with E-state index in [-0.39, 0.29) is 0 Å². The average Bonchev–Trinajstić information content (AvgIpc) is 2.32. The van der Waals surface area contributed by atoms with Gasteiger partial charge in [0, 0.05) is 20.6 Å². The molecule has 0 unspecified atom stereocenters. The molecule has 0 aromatic rings. The largest absolute Gasteiger partial charge is 0.359 e. The molecule has 4 heteroatoms. The zero-order chi connectivity index (χ0) is 11.8. The Morgan fingerprint density at radius 1 is 1.38 bits per heavy atom. The smallest absolute Gasteiger partial charge is 0.190 e. The highest BCUT2D eigenvalue weighted by Crippen LogP contribution is 2.15. The predicted molar refractivity (Wildman–Crippen MR) is 69.9 cm³/mol. The van der Waals surface area contributed by atoms with Crippen molar-refractivity contribution in [3.63, 3.8) is 0 Å². The predicted octanol–water partition coefficient (Wildman–Crippen LogP) is 0.903. The van der Waals surface area contributed by atoms with Crippen LogP contribution < -0.4 is 10.6 Å². The Morgan fingerprint density at radius 3 is 2.62 bits per heavy atom. The fourth-order valence-electron chi connectivity index (χ4n) is 2.07. The Hall–Kier alpha value is -0.770. The number of guanidine groups is 1. The third-order valence-corrected chi connectivity index (χ3v) is 3.28. The van der Waals surface area contributed by atoms with Crippen LogP contribution in [0.5, 0.6) is 0 Å². The lowest BCUT2D eigenvalue weighted by Crippen LogP contribution is -2.38. The van der Waals surface area contributed by atoms with Crippen molar-refractivity contribution in [3.8, 4) is 0 Å². The van der Waals surface area contributed by atoms with Crippen molar-refractivity contribution in [2.75, 3.05) is 40.3 Å². The van der Waals surface area contributed by atoms with Crippen LogP contribution in [0, 0.1) is 5.92 Å². The van der Waals surface area contributed by atoms with Crippen LogP contribution in [-0.2, 0) is 0 Å². The monoisotopic (exact) mass is 226 g/mol. The Labute approximate surface area is 99.5 Å². The highest BCUT2D eigenvalue weighted by atomic mass is 15.2. The van der Waals surface area contributed by atoms with E-state index in [0.29, 0.717) is 0 Å². The molecule has 1 fully saturated rings. The van der Waals surface area contributed by atoms with E-state index < -0.39 is 0 Å². The standard InChI is InChI=1S/C12H26N4/c1-11-5-9-16(10-6-11)8-4-7-15-12(13-2)14-3/h11H,4-10H2,1-3H3,(H2,13,14,15). The molecule has 16 heavy (non-hydrogen) atoms. The molecule has 1 aliphatic rings. The van der Waals surface area contributed by atoms with Crippen LogP contribution in [0.3, 0.4) is 0 Å². The van der Waals surface area contributed by atoms with Crippen molar-refractivity contribution >= 4 is 5.96 Å². The molecule has 1 heterocycles. The number of nitrogens with zero attached hydrogens (tertiary/aromatic N) is 2. The molecule has 94 valence electrons. The summed E-state index contributed by atoms with van der Waals surface area (Å²) in [6, 6.07) is 0. The lowest BCUT2D eigenvalue weighted by Gasteiger charge is -2.30. The maximum atomic E-state index is 4.08. The van der Waals surface area contributed by atoms with E-state index in [0.717, 1.165) is 18.4 Å². The summed E-state index contributed by atoms with van der Waals surface area (Å²) in [4.78, 5) is 6.65. The van der Waals surface area contributed by atoms with E-state index in [1.54, 1.807) is 7.05 Å². The lowest BCUT2D eigenvalue weighted by atomic mass is 9.99. The second-order valence-electron chi connectivity index (χ2n) is 4.63. The summed E-state index contributed by atoms with van der Waals surface area (Å²) in [7, 11) is 3.69. The van der Waals surface area contributed by atoms with Gasteiger partial charge in [-0.25, -0.2) is 0 Å². The highest BCUT2D eigenvalue weighted by molar-refractivity contribution is 5.79. The molecule has 2 N–H and O–H groups in total. The van der Waals surface area contributed by atoms with Gasteiger partial charge in [-0.3, -0.25) is 4.99 Å². The van der Waals surface area contributed by atoms with Crippen LogP contribution in [0.15, 0.2) is 4.99 Å². The van der Waals surface area contributed by atoms with Gasteiger partial charge in [0.1, 0.15) is 0 Å². The van der Waals surface area contributed by atoms with Crippen molar-refractivity contribution in [2.45, 2.75) is 26.2 Å². The van der Waals surface area contributed by atoms with Crippen LogP contribution in [0.25, 0.3) is 0 Å². The molecule has 0 aromatic carbocycles. The average molecular weight is 226 g/mol. The van der Waals surface area contributed by atoms with Crippen molar-refractivity contribution in [1.82, 2.24) is 15.5 Å². The van der Waals surface area contributed by atoms with Gasteiger partial charge in [-0.15, -0.1) is 0 Å². The molecule has 0 amide bonds. The SMILES string of the molecule is CN=C(NC)NCCCN1CCC(C)CC1. The molecule has 4 nitrogen and oxygen atoms in total. The Bertz CT molecular complexity index is 207. The molecule has 1 saturated heterocycles. The minimum Gasteiger partial charge on any atom is -0.359 e. The fourth-order valence-corrected chi connectivity index (χ4v) is 2.07. The summed E-state index contributed by atoms with van der Waals surface area (Å²) in [5.41, 5.74) is 0. The van der Waals surface area contributed by atoms with Crippen LogP contribution in [-0.4, -0.2) is 51.1 Å². The van der Waals surface area contributed by atoms with Gasteiger partial charge in [0.2, 0.25) is 0 Å². The maximum absolute atomic E-state index is 4.08. The summed E-state index contributed by atoms with van der Waals surface area (Å²) in [5.74, 6) is 1.81. The third-order valence-electron chi connectivity index (χ3n) is 3.28. The van der Waals surface area contributed by atoms with Gasteiger partial charge in [0.25, 0.3) is 0 Å². The summed E-state index contributed by atoms with van der Waals surface area (Å²) in [5, 5.41) is 6.30. The van der Waals surface area contributed by atoms with E-state index in [4.69, 9.17) is 0 Å². The number of hydrogen-bond donors (Lipinski definition) is 2. The molecule has 1 aliphatic heterocycles. The molecule has 0 aromatic heterocycles. The van der Waals surface area contributed by atoms with Crippen LogP contribution in [0.4, 0.5) is 0 Å². The Morgan fingerprint density at radius 2 is 2.06 bits per heavy atom. The molecule has 0 spiro atoms. The number of nitrogens with one attached hydrogen (secondary N) is 2. The summed E-state index contributed by atoms with van der Waals surface area (Å²) in [6.07, 6.45) is 3.92. The van der Waals surface area contributed by atoms with Crippen LogP contribution in [0.1, 0.15) is 26.2 Å². The molecular weight excluding hydrogens is 200 g/mol. The number of likely N-dealkylation sites (tertiary alicyclic amines) is 1. The van der Waals surface area contributed by atoms with Gasteiger partial charge in [-0.05, 0) is 44.8 Å². The van der Waals surface area contributed by atoms with Gasteiger partial charge < -0.3 is 15.5 Å². The van der Waals surface area contributed by atoms with Gasteiger partial charge in [0.05, 0.1) is 0 Å². The van der Waals surface area contributed by atoms with Crippen molar-refractivity contribution in [2.24, 2.45) is 10.9 Å². The van der Waals surface area contributed by atoms with E-state index in [1.165, 1.54) is 38.9 Å². The molecule has 0 bridgehead atoms. The molecular formula is C12H26N4. The highest BCUT2D eigenvalue weighted by Gasteiger charge is 2.14. The first-order valence-electron chi connectivity index (χ1n) is 6.37. The van der Waals surface area contributed by atoms with E-state index in [2.05, 4.69) is 27.4 Å². The Kier molecular flexibility index (Phi) is 6.23. The normalized spacial score (nSPS) is 19.8. The number of hydrogen-bond acceptors (Lipinski definition) is 2. The van der Waals surface area contributed by atoms with Crippen LogP contribution >= 0.6 is 0 Å². The van der Waals surface area contributed by atoms with Gasteiger partial charge in [-0.1, -0.05) is 6.92 Å². The molecule has 0 radical (unpaired) electrons. The molecule has 0 atom stereocenters. The molecule has 0 saturated carbocycles. The second-order valence-corrected chi connectivity index (χ2v) is 4.63. The summed E-state index contributed by atoms with van der Waals surface area (Å²) in [6.45, 7) is 7.12. The van der Waals surface area contributed by atoms with Gasteiger partial charge in [-0.2, -0.15) is 0 Å². The van der Waals surface area contributed by atoms with E-state index in [9.17, 15) is 0 Å². The first kappa shape index (κ1) is 13.3. The number of aliphatic imine (C=N–C) groups is 1. The number of rotatable bonds is 4. The minimum absolute atomic E-state index is 0.882. The first-order valence-corrected chi connectivity index (χ1v) is 6.37. The molecule has 0 aliphatic carbocycles. The lowest BCUT2D eigenvalue weighted by molar-refractivity contribution is 0.191. The second kappa shape index (κ2) is 7.49. The van der Waals surface area contributed by atoms with Gasteiger partial charge >= 0.3 is 0 Å². The summed E-state index contributed by atoms with van der Waals surface area (Å²) >= 11 is 0. The van der Waals surface area contributed by atoms with Gasteiger partial charge in [0.15, 0.2) is 5.96 Å². The van der Waals surface area contributed by atoms with E-state index in [1.807, 2.05) is 7.05 Å². The van der Waals surface area contributed by atoms with Crippen LogP contribution in [0.2, 0.25) is 0 Å². The van der Waals surface area contributed by atoms with Crippen molar-refractivity contribution in [1.29, 1.82) is 0 Å². The number of piperidine rings is 1. The first-order chi connectivity index (χ1) is 7.76. The maximum Gasteiger partial charge on any atom is 0.190 e. The minimum atomic E-state index is 0.882.